The Hall–Kier alpha value is -11.8. The van der Waals surface area contributed by atoms with Crippen molar-refractivity contribution in [2.75, 3.05) is 0 Å². The number of pyridine rings is 4. The molecule has 97 heavy (non-hydrogen) atoms. The summed E-state index contributed by atoms with van der Waals surface area (Å²) >= 11 is 0. The van der Waals surface area contributed by atoms with Gasteiger partial charge in [-0.3, -0.25) is 0 Å². The van der Waals surface area contributed by atoms with Gasteiger partial charge in [-0.1, -0.05) is 113 Å². The highest BCUT2D eigenvalue weighted by Crippen LogP contribution is 2.43. The fourth-order valence-corrected chi connectivity index (χ4v) is 14.5. The number of phenols is 4. The molecule has 15 aromatic rings. The van der Waals surface area contributed by atoms with Crippen LogP contribution in [0.2, 0.25) is 0 Å². The molecular formula is C85H68N8O4. The average Bonchev–Trinajstić information content (AvgIpc) is 1.53. The highest BCUT2D eigenvalue weighted by molar-refractivity contribution is 6.11. The Morgan fingerprint density at radius 2 is 0.588 bits per heavy atom. The second-order valence-electron chi connectivity index (χ2n) is 26.2. The van der Waals surface area contributed by atoms with Gasteiger partial charge in [-0.15, -0.1) is 0 Å². The largest absolute Gasteiger partial charge is 0.507 e. The van der Waals surface area contributed by atoms with E-state index in [-0.39, 0.29) is 23.0 Å². The van der Waals surface area contributed by atoms with E-state index in [0.29, 0.717) is 110 Å². The number of aryl methyl sites for hydroxylation is 4. The molecule has 0 unspecified atom stereocenters. The summed E-state index contributed by atoms with van der Waals surface area (Å²) in [5, 5.41) is 58.9. The zero-order valence-electron chi connectivity index (χ0n) is 54.3. The van der Waals surface area contributed by atoms with Crippen molar-refractivity contribution < 1.29 is 20.4 Å². The van der Waals surface area contributed by atoms with E-state index in [1.165, 1.54) is 0 Å². The molecule has 0 spiro atoms. The monoisotopic (exact) mass is 1260 g/mol. The molecule has 8 aromatic heterocycles. The van der Waals surface area contributed by atoms with E-state index in [1.54, 1.807) is 0 Å². The van der Waals surface area contributed by atoms with Crippen molar-refractivity contribution in [3.63, 3.8) is 0 Å². The van der Waals surface area contributed by atoms with E-state index in [0.717, 1.165) is 146 Å². The molecule has 6 N–H and O–H groups in total. The number of hydrogen-bond donors (Lipinski definition) is 6. The number of benzene rings is 7. The number of aromatic hydroxyl groups is 4. The lowest BCUT2D eigenvalue weighted by atomic mass is 9.98. The molecule has 0 aliphatic carbocycles. The van der Waals surface area contributed by atoms with Crippen LogP contribution in [-0.4, -0.2) is 60.3 Å². The number of nitrogens with one attached hydrogen (secondary N) is 2. The number of phenolic OH excluding ortho intramolecular Hbond substituents is 4. The van der Waals surface area contributed by atoms with Crippen LogP contribution in [0.25, 0.3) is 177 Å². The zero-order valence-corrected chi connectivity index (χ0v) is 54.3. The van der Waals surface area contributed by atoms with Crippen LogP contribution in [-0.2, 0) is 19.3 Å². The predicted octanol–water partition coefficient (Wildman–Crippen LogP) is 21.4. The van der Waals surface area contributed by atoms with Crippen molar-refractivity contribution in [3.8, 4) is 45.3 Å². The van der Waals surface area contributed by atoms with Crippen LogP contribution in [0.4, 0.5) is 0 Å². The van der Waals surface area contributed by atoms with Gasteiger partial charge in [0.15, 0.2) is 0 Å². The topological polar surface area (TPSA) is 190 Å². The Bertz CT molecular complexity index is 6220. The minimum atomic E-state index is 0.0652. The Labute approximate surface area is 558 Å². The average molecular weight is 1270 g/mol. The van der Waals surface area contributed by atoms with Crippen molar-refractivity contribution in [3.05, 3.63) is 215 Å². The Kier molecular flexibility index (Phi) is 14.4. The predicted molar refractivity (Wildman–Crippen MR) is 401 cm³/mol. The molecule has 17 rings (SSSR count). The van der Waals surface area contributed by atoms with Crippen LogP contribution < -0.4 is 0 Å². The van der Waals surface area contributed by atoms with E-state index in [2.05, 4.69) is 110 Å². The molecule has 12 heteroatoms. The Morgan fingerprint density at radius 1 is 0.299 bits per heavy atom. The Morgan fingerprint density at radius 3 is 0.959 bits per heavy atom. The first-order chi connectivity index (χ1) is 47.4. The van der Waals surface area contributed by atoms with Crippen molar-refractivity contribution in [2.24, 2.45) is 0 Å². The van der Waals surface area contributed by atoms with Crippen LogP contribution >= 0.6 is 0 Å². The zero-order chi connectivity index (χ0) is 65.7. The van der Waals surface area contributed by atoms with Gasteiger partial charge >= 0.3 is 0 Å². The van der Waals surface area contributed by atoms with E-state index in [9.17, 15) is 20.4 Å². The minimum absolute atomic E-state index is 0.0652. The number of rotatable bonds is 11. The number of nitrogens with zero attached hydrogens (tertiary/aromatic N) is 6. The highest BCUT2D eigenvalue weighted by Gasteiger charge is 2.21. The standard InChI is InChI=1S/C85H68N8O4/c1-5-8-11-47-40-58-65-31-35-73(87-65)76(72-34-30-64(86-72)56-38-46(4)39-57(82(56)94)68-26-22-52-18-19-53-23-27-69(61(43-47)83(58)95)91-79(53)78(52)90-68)50-14-16-51(17-15-50)77-74-36-32-66(88-74)59-41-48(12-9-6-2)44-62(84(59)96)70-28-24-54-20-21-55-25-29-71(93-81(55)80(54)92-70)63-45-49(13-10-7-3)42-60(85(63)97)67-33-37-75(77)89-67/h14-45,87-88,94-97H,5-13H2,1-4H3. The smallest absolute Gasteiger partial charge is 0.134 e. The van der Waals surface area contributed by atoms with Gasteiger partial charge in [0.2, 0.25) is 0 Å². The summed E-state index contributed by atoms with van der Waals surface area (Å²) in [7, 11) is 0. The van der Waals surface area contributed by atoms with E-state index in [1.807, 2.05) is 122 Å². The SMILES string of the molecule is CCCCc1cc2c3nc(c(-c4ccc(-c5c6nc(c7cc(C)cc(c7O)c7ccc8ccc9ccc(nc9c8n7)c7cc(CCCC)cc(c7O)c7ccc5[nH]7)C=C6)cc4)c4ccc([nH]4)c4cc(CCCC)cc(c4O)c4ccc5ccc6ccc(nc6c5n4)c(c1)c2O)C=C3. The van der Waals surface area contributed by atoms with Gasteiger partial charge in [0, 0.05) is 97.8 Å². The quantitative estimate of drug-likeness (QED) is 0.0680. The first kappa shape index (κ1) is 59.0. The van der Waals surface area contributed by atoms with Crippen LogP contribution in [0.5, 0.6) is 23.0 Å². The third-order valence-electron chi connectivity index (χ3n) is 19.7. The van der Waals surface area contributed by atoms with Gasteiger partial charge in [0.1, 0.15) is 23.0 Å². The number of unbranched alkanes of at least 4 members (excludes halogenated alkanes) is 3. The van der Waals surface area contributed by atoms with Gasteiger partial charge in [0.05, 0.1) is 66.9 Å². The maximum absolute atomic E-state index is 12.7. The lowest BCUT2D eigenvalue weighted by Crippen LogP contribution is -1.90. The molecule has 7 aromatic carbocycles. The molecule has 0 fully saturated rings. The molecule has 12 nitrogen and oxygen atoms in total. The third kappa shape index (κ3) is 10.2. The van der Waals surface area contributed by atoms with Crippen LogP contribution in [0.3, 0.4) is 0 Å². The third-order valence-corrected chi connectivity index (χ3v) is 19.7. The number of aromatic amines is 2. The molecule has 2 aliphatic rings. The molecule has 0 amide bonds. The normalized spacial score (nSPS) is 12.4. The lowest BCUT2D eigenvalue weighted by molar-refractivity contribution is 0.486. The minimum Gasteiger partial charge on any atom is -0.507 e. The molecule has 2 aliphatic heterocycles. The van der Waals surface area contributed by atoms with Gasteiger partial charge in [-0.2, -0.15) is 0 Å². The van der Waals surface area contributed by atoms with Crippen molar-refractivity contribution in [2.45, 2.75) is 85.5 Å². The molecule has 0 radical (unpaired) electrons. The van der Waals surface area contributed by atoms with Crippen LogP contribution in [0.15, 0.2) is 170 Å². The van der Waals surface area contributed by atoms with Crippen molar-refractivity contribution in [1.29, 1.82) is 0 Å². The summed E-state index contributed by atoms with van der Waals surface area (Å²) in [5.41, 5.74) is 18.2. The number of aromatic nitrogens is 8. The molecule has 0 saturated heterocycles. The number of fused-ring (bicyclic) bond motifs is 28. The van der Waals surface area contributed by atoms with E-state index >= 15 is 0 Å². The van der Waals surface area contributed by atoms with Gasteiger partial charge < -0.3 is 30.4 Å². The van der Waals surface area contributed by atoms with Gasteiger partial charge in [0.25, 0.3) is 0 Å². The van der Waals surface area contributed by atoms with Crippen molar-refractivity contribution in [1.82, 2.24) is 39.9 Å². The summed E-state index contributed by atoms with van der Waals surface area (Å²) in [6.45, 7) is 8.58. The Balaban J connectivity index is 0.935. The molecule has 0 atom stereocenters. The van der Waals surface area contributed by atoms with Crippen LogP contribution in [0.1, 0.15) is 104 Å². The first-order valence-corrected chi connectivity index (χ1v) is 33.8. The summed E-state index contributed by atoms with van der Waals surface area (Å²) in [6.07, 6.45) is 16.3. The van der Waals surface area contributed by atoms with E-state index in [4.69, 9.17) is 29.9 Å². The molecule has 472 valence electrons. The van der Waals surface area contributed by atoms with Crippen molar-refractivity contribution >= 4 is 155 Å². The maximum Gasteiger partial charge on any atom is 0.134 e. The fraction of sp³-hybridized carbons (Fsp3) is 0.153. The van der Waals surface area contributed by atoms with E-state index < -0.39 is 0 Å². The molecule has 0 saturated carbocycles. The number of hydrogen-bond acceptors (Lipinski definition) is 10. The first-order valence-electron chi connectivity index (χ1n) is 33.8. The maximum atomic E-state index is 12.7. The highest BCUT2D eigenvalue weighted by atomic mass is 16.3. The molecule has 24 bridgehead atoms. The van der Waals surface area contributed by atoms with Crippen LogP contribution in [0, 0.1) is 6.92 Å². The fourth-order valence-electron chi connectivity index (χ4n) is 14.5. The summed E-state index contributed by atoms with van der Waals surface area (Å²) in [4.78, 5) is 39.6. The summed E-state index contributed by atoms with van der Waals surface area (Å²) in [5.74, 6) is 0.369. The lowest BCUT2D eigenvalue weighted by Gasteiger charge is -2.09. The molecule has 10 heterocycles. The summed E-state index contributed by atoms with van der Waals surface area (Å²) in [6, 6.07) is 57.2. The molecular weight excluding hydrogens is 1200 g/mol. The van der Waals surface area contributed by atoms with Gasteiger partial charge in [-0.05, 0) is 200 Å². The number of H-pyrrole nitrogens is 2. The summed E-state index contributed by atoms with van der Waals surface area (Å²) < 4.78 is 0. The second kappa shape index (κ2) is 23.6. The second-order valence-corrected chi connectivity index (χ2v) is 26.2. The van der Waals surface area contributed by atoms with Gasteiger partial charge in [-0.25, -0.2) is 29.9 Å².